The van der Waals surface area contributed by atoms with Crippen molar-refractivity contribution in [1.29, 1.82) is 0 Å². The van der Waals surface area contributed by atoms with Crippen molar-refractivity contribution < 1.29 is 4.79 Å². The number of hydrogen-bond donors (Lipinski definition) is 3. The number of nitrogens with zero attached hydrogens (tertiary/aromatic N) is 4. The summed E-state index contributed by atoms with van der Waals surface area (Å²) < 4.78 is 0. The number of benzene rings is 1. The first-order valence-corrected chi connectivity index (χ1v) is 13.0. The maximum absolute atomic E-state index is 12.2. The number of carbonyl (C=O) groups excluding carboxylic acids is 1. The van der Waals surface area contributed by atoms with Gasteiger partial charge in [0.1, 0.15) is 11.2 Å². The third-order valence-electron chi connectivity index (χ3n) is 6.30. The summed E-state index contributed by atoms with van der Waals surface area (Å²) in [5, 5.41) is 11.6. The van der Waals surface area contributed by atoms with Gasteiger partial charge in [0.15, 0.2) is 5.82 Å². The third kappa shape index (κ3) is 4.49. The van der Waals surface area contributed by atoms with Crippen LogP contribution in [-0.2, 0) is 4.79 Å². The minimum atomic E-state index is 0.00447. The summed E-state index contributed by atoms with van der Waals surface area (Å²) in [7, 11) is 0. The van der Waals surface area contributed by atoms with E-state index in [1.165, 1.54) is 4.88 Å². The van der Waals surface area contributed by atoms with Gasteiger partial charge in [-0.3, -0.25) is 19.9 Å². The summed E-state index contributed by atoms with van der Waals surface area (Å²) in [6.45, 7) is 4.16. The largest absolute Gasteiger partial charge is 0.335 e. The number of hydrogen-bond acceptors (Lipinski definition) is 6. The Bertz CT molecular complexity index is 1750. The number of H-pyrrole nitrogens is 2. The Morgan fingerprint density at radius 2 is 1.89 bits per heavy atom. The normalized spacial score (nSPS) is 11.4. The molecule has 0 radical (unpaired) electrons. The molecule has 0 atom stereocenters. The Morgan fingerprint density at radius 3 is 2.73 bits per heavy atom. The van der Waals surface area contributed by atoms with Crippen LogP contribution >= 0.6 is 11.3 Å². The van der Waals surface area contributed by atoms with Crippen molar-refractivity contribution in [3.8, 4) is 33.1 Å². The Labute approximate surface area is 217 Å². The molecule has 8 nitrogen and oxygen atoms in total. The molecule has 1 amide bonds. The van der Waals surface area contributed by atoms with Crippen LogP contribution in [0, 0.1) is 6.92 Å². The quantitative estimate of drug-likeness (QED) is 0.222. The number of rotatable bonds is 7. The molecule has 0 unspecified atom stereocenters. The molecular weight excluding hydrogens is 482 g/mol. The van der Waals surface area contributed by atoms with Gasteiger partial charge < -0.3 is 10.3 Å². The highest BCUT2D eigenvalue weighted by atomic mass is 32.1. The molecule has 1 aromatic carbocycles. The monoisotopic (exact) mass is 507 g/mol. The number of thiophene rings is 1. The van der Waals surface area contributed by atoms with Gasteiger partial charge in [-0.15, -0.1) is 11.3 Å². The number of fused-ring (bicyclic) bond motifs is 2. The molecule has 0 aliphatic carbocycles. The minimum absolute atomic E-state index is 0.00447. The molecule has 0 fully saturated rings. The zero-order valence-corrected chi connectivity index (χ0v) is 21.3. The molecule has 0 saturated carbocycles. The molecule has 0 bridgehead atoms. The van der Waals surface area contributed by atoms with Crippen LogP contribution in [0.15, 0.2) is 61.2 Å². The van der Waals surface area contributed by atoms with Crippen LogP contribution in [0.25, 0.3) is 55.0 Å². The van der Waals surface area contributed by atoms with E-state index >= 15 is 0 Å². The fourth-order valence-electron chi connectivity index (χ4n) is 4.41. The minimum Gasteiger partial charge on any atom is -0.335 e. The lowest BCUT2D eigenvalue weighted by atomic mass is 10.0. The second-order valence-electron chi connectivity index (χ2n) is 9.03. The molecule has 0 saturated heterocycles. The van der Waals surface area contributed by atoms with Crippen molar-refractivity contribution >= 4 is 44.9 Å². The molecule has 0 aliphatic rings. The zero-order chi connectivity index (χ0) is 25.4. The number of nitrogens with one attached hydrogen (secondary N) is 3. The zero-order valence-electron chi connectivity index (χ0n) is 20.5. The summed E-state index contributed by atoms with van der Waals surface area (Å²) in [6.07, 6.45) is 9.48. The molecule has 3 N–H and O–H groups in total. The smallest absolute Gasteiger partial charge is 0.224 e. The van der Waals surface area contributed by atoms with E-state index in [1.807, 2.05) is 24.4 Å². The van der Waals surface area contributed by atoms with E-state index in [0.717, 1.165) is 62.0 Å². The molecule has 9 heteroatoms. The van der Waals surface area contributed by atoms with Gasteiger partial charge in [-0.1, -0.05) is 19.4 Å². The lowest BCUT2D eigenvalue weighted by molar-refractivity contribution is -0.116. The van der Waals surface area contributed by atoms with Crippen molar-refractivity contribution in [3.63, 3.8) is 0 Å². The summed E-state index contributed by atoms with van der Waals surface area (Å²) in [5.41, 5.74) is 6.94. The lowest BCUT2D eigenvalue weighted by Gasteiger charge is -2.07. The van der Waals surface area contributed by atoms with Gasteiger partial charge in [0.2, 0.25) is 5.91 Å². The summed E-state index contributed by atoms with van der Waals surface area (Å²) in [5.74, 6) is 0.681. The number of anilines is 1. The van der Waals surface area contributed by atoms with Crippen molar-refractivity contribution in [3.05, 3.63) is 66.1 Å². The van der Waals surface area contributed by atoms with Gasteiger partial charge in [0, 0.05) is 45.1 Å². The van der Waals surface area contributed by atoms with E-state index in [0.29, 0.717) is 17.9 Å². The second-order valence-corrected chi connectivity index (χ2v) is 10.3. The molecule has 6 aromatic rings. The van der Waals surface area contributed by atoms with Crippen LogP contribution in [0.5, 0.6) is 0 Å². The number of carbonyl (C=O) groups is 1. The molecule has 184 valence electrons. The number of pyridine rings is 2. The van der Waals surface area contributed by atoms with E-state index in [1.54, 1.807) is 29.9 Å². The highest BCUT2D eigenvalue weighted by Gasteiger charge is 2.17. The van der Waals surface area contributed by atoms with Crippen LogP contribution < -0.4 is 5.32 Å². The Kier molecular flexibility index (Phi) is 5.97. The summed E-state index contributed by atoms with van der Waals surface area (Å²) >= 11 is 1.73. The first-order valence-electron chi connectivity index (χ1n) is 12.2. The number of imidazole rings is 1. The standard InChI is InChI=1S/C28H25N7OS/c1-3-4-5-25(36)31-19-10-18(12-29-13-19)17-7-8-22-20(11-17)27(35-34-22)28-32-23-15-30-14-21(26(23)33-28)24-9-6-16(2)37-24/h6-15H,3-5H2,1-2H3,(H,31,36)(H,32,33)(H,34,35). The van der Waals surface area contributed by atoms with Gasteiger partial charge >= 0.3 is 0 Å². The molecule has 6 rings (SSSR count). The van der Waals surface area contributed by atoms with Crippen LogP contribution in [0.2, 0.25) is 0 Å². The predicted octanol–water partition coefficient (Wildman–Crippen LogP) is 6.73. The Balaban J connectivity index is 1.37. The topological polar surface area (TPSA) is 112 Å². The molecule has 5 aromatic heterocycles. The first-order chi connectivity index (χ1) is 18.1. The molecule has 37 heavy (non-hydrogen) atoms. The van der Waals surface area contributed by atoms with Crippen molar-refractivity contribution in [2.45, 2.75) is 33.1 Å². The summed E-state index contributed by atoms with van der Waals surface area (Å²) in [6, 6.07) is 12.2. The highest BCUT2D eigenvalue weighted by molar-refractivity contribution is 7.15. The average molecular weight is 508 g/mol. The van der Waals surface area contributed by atoms with Gasteiger partial charge in [0.25, 0.3) is 0 Å². The average Bonchev–Trinajstić information content (AvgIpc) is 3.64. The maximum atomic E-state index is 12.2. The first kappa shape index (κ1) is 23.1. The second kappa shape index (κ2) is 9.59. The van der Waals surface area contributed by atoms with E-state index in [4.69, 9.17) is 4.98 Å². The third-order valence-corrected chi connectivity index (χ3v) is 7.33. The summed E-state index contributed by atoms with van der Waals surface area (Å²) in [4.78, 5) is 31.7. The van der Waals surface area contributed by atoms with Crippen LogP contribution in [0.1, 0.15) is 31.1 Å². The fourth-order valence-corrected chi connectivity index (χ4v) is 5.28. The van der Waals surface area contributed by atoms with Crippen molar-refractivity contribution in [2.75, 3.05) is 5.32 Å². The van der Waals surface area contributed by atoms with E-state index in [9.17, 15) is 4.79 Å². The van der Waals surface area contributed by atoms with Crippen molar-refractivity contribution in [2.24, 2.45) is 0 Å². The Morgan fingerprint density at radius 1 is 1.00 bits per heavy atom. The molecule has 0 aliphatic heterocycles. The van der Waals surface area contributed by atoms with E-state index in [-0.39, 0.29) is 5.91 Å². The number of unbranched alkanes of at least 4 members (excludes halogenated alkanes) is 1. The number of aryl methyl sites for hydroxylation is 1. The highest BCUT2D eigenvalue weighted by Crippen LogP contribution is 2.35. The number of aromatic amines is 2. The number of aromatic nitrogens is 6. The van der Waals surface area contributed by atoms with Crippen LogP contribution in [0.4, 0.5) is 5.69 Å². The van der Waals surface area contributed by atoms with E-state index in [2.05, 4.69) is 62.5 Å². The van der Waals surface area contributed by atoms with Crippen LogP contribution in [0.3, 0.4) is 0 Å². The van der Waals surface area contributed by atoms with Crippen LogP contribution in [-0.4, -0.2) is 36.0 Å². The van der Waals surface area contributed by atoms with Gasteiger partial charge in [0.05, 0.1) is 29.1 Å². The molecule has 5 heterocycles. The number of amides is 1. The fraction of sp³-hybridized carbons (Fsp3) is 0.179. The SMILES string of the molecule is CCCCC(=O)Nc1cncc(-c2ccc3[nH]nc(-c4nc5c(-c6ccc(C)s6)cncc5[nH]4)c3c2)c1. The lowest BCUT2D eigenvalue weighted by Crippen LogP contribution is -2.11. The molecule has 0 spiro atoms. The predicted molar refractivity (Wildman–Crippen MR) is 148 cm³/mol. The Hall–Kier alpha value is -4.37. The maximum Gasteiger partial charge on any atom is 0.224 e. The molecular formula is C28H25N7OS. The van der Waals surface area contributed by atoms with E-state index < -0.39 is 0 Å². The van der Waals surface area contributed by atoms with Crippen molar-refractivity contribution in [1.82, 2.24) is 30.1 Å². The van der Waals surface area contributed by atoms with Gasteiger partial charge in [-0.05, 0) is 49.2 Å². The van der Waals surface area contributed by atoms with Gasteiger partial charge in [-0.25, -0.2) is 4.98 Å². The van der Waals surface area contributed by atoms with Gasteiger partial charge in [-0.2, -0.15) is 5.10 Å².